The highest BCUT2D eigenvalue weighted by Gasteiger charge is 2.31. The summed E-state index contributed by atoms with van der Waals surface area (Å²) in [4.78, 5) is 42.7. The predicted molar refractivity (Wildman–Crippen MR) is 152 cm³/mol. The second kappa shape index (κ2) is 10.9. The number of likely N-dealkylation sites (N-methyl/N-ethyl adjacent to an activating group) is 1. The number of anilines is 5. The number of piperazine rings is 1. The summed E-state index contributed by atoms with van der Waals surface area (Å²) in [6.45, 7) is 5.02. The smallest absolute Gasteiger partial charge is 0.330 e. The molecule has 2 aromatic carbocycles. The van der Waals surface area contributed by atoms with Crippen molar-refractivity contribution < 1.29 is 14.0 Å². The Hall–Kier alpha value is -4.25. The molecule has 0 spiro atoms. The van der Waals surface area contributed by atoms with Gasteiger partial charge in [0.2, 0.25) is 5.95 Å². The lowest BCUT2D eigenvalue weighted by Gasteiger charge is -2.35. The number of aryl methyl sites for hydroxylation is 1. The highest BCUT2D eigenvalue weighted by molar-refractivity contribution is 6.07. The SMILES string of the molecule is CNc1ncc2c(n1)N(C)C(=O)N(c1cc(NC(=O)c3ccc(N4CCN(C)CC4)c(CF)c3)ccc1C)C2. The van der Waals surface area contributed by atoms with Crippen LogP contribution in [0.1, 0.15) is 27.0 Å². The largest absolute Gasteiger partial charge is 0.369 e. The molecule has 0 unspecified atom stereocenters. The summed E-state index contributed by atoms with van der Waals surface area (Å²) in [5, 5.41) is 5.81. The van der Waals surface area contributed by atoms with Crippen LogP contribution in [0.25, 0.3) is 0 Å². The van der Waals surface area contributed by atoms with Gasteiger partial charge < -0.3 is 20.4 Å². The first kappa shape index (κ1) is 26.4. The zero-order valence-electron chi connectivity index (χ0n) is 22.7. The van der Waals surface area contributed by atoms with Gasteiger partial charge in [-0.05, 0) is 49.9 Å². The van der Waals surface area contributed by atoms with E-state index in [1.165, 1.54) is 4.90 Å². The number of urea groups is 1. The van der Waals surface area contributed by atoms with Crippen LogP contribution in [0.15, 0.2) is 42.6 Å². The van der Waals surface area contributed by atoms with Crippen LogP contribution in [0.4, 0.5) is 38.0 Å². The minimum absolute atomic E-state index is 0.234. The summed E-state index contributed by atoms with van der Waals surface area (Å²) < 4.78 is 14.0. The molecule has 2 aliphatic heterocycles. The average Bonchev–Trinajstić information content (AvgIpc) is 2.96. The van der Waals surface area contributed by atoms with Crippen molar-refractivity contribution in [3.05, 3.63) is 64.8 Å². The number of nitrogens with one attached hydrogen (secondary N) is 2. The Kier molecular flexibility index (Phi) is 7.34. The molecule has 5 rings (SSSR count). The molecule has 0 aliphatic carbocycles. The molecule has 204 valence electrons. The molecule has 0 bridgehead atoms. The molecule has 3 heterocycles. The molecular formula is C28H33FN8O2. The van der Waals surface area contributed by atoms with Crippen LogP contribution in [0.2, 0.25) is 0 Å². The third-order valence-corrected chi connectivity index (χ3v) is 7.32. The van der Waals surface area contributed by atoms with Gasteiger partial charge in [-0.15, -0.1) is 0 Å². The van der Waals surface area contributed by atoms with Gasteiger partial charge in [0.05, 0.1) is 12.2 Å². The second-order valence-electron chi connectivity index (χ2n) is 9.94. The van der Waals surface area contributed by atoms with E-state index in [1.807, 2.05) is 19.1 Å². The number of rotatable bonds is 6. The molecule has 3 amide bonds. The van der Waals surface area contributed by atoms with Crippen LogP contribution in [-0.2, 0) is 13.2 Å². The van der Waals surface area contributed by atoms with Gasteiger partial charge >= 0.3 is 6.03 Å². The number of alkyl halides is 1. The average molecular weight is 533 g/mol. The topological polar surface area (TPSA) is 96.9 Å². The maximum atomic E-state index is 14.0. The molecule has 2 N–H and O–H groups in total. The summed E-state index contributed by atoms with van der Waals surface area (Å²) in [7, 11) is 5.47. The predicted octanol–water partition coefficient (Wildman–Crippen LogP) is 3.88. The van der Waals surface area contributed by atoms with Gasteiger partial charge in [-0.3, -0.25) is 14.6 Å². The fraction of sp³-hybridized carbons (Fsp3) is 0.357. The number of amides is 3. The number of benzene rings is 2. The standard InChI is InChI=1S/C28H33FN8O2/c1-18-5-7-22(14-24(18)37-17-21-16-31-27(30-2)33-25(21)35(4)28(37)39)32-26(38)19-6-8-23(20(13-19)15-29)36-11-9-34(3)10-12-36/h5-8,13-14,16H,9-12,15,17H2,1-4H3,(H,32,38)(H,30,31,33). The maximum Gasteiger partial charge on any atom is 0.330 e. The minimum Gasteiger partial charge on any atom is -0.369 e. The lowest BCUT2D eigenvalue weighted by molar-refractivity contribution is 0.102. The van der Waals surface area contributed by atoms with Gasteiger partial charge in [0.15, 0.2) is 0 Å². The van der Waals surface area contributed by atoms with E-state index < -0.39 is 6.67 Å². The van der Waals surface area contributed by atoms with Gasteiger partial charge in [-0.2, -0.15) is 4.98 Å². The Morgan fingerprint density at radius 1 is 1.05 bits per heavy atom. The third kappa shape index (κ3) is 5.22. The molecule has 0 atom stereocenters. The third-order valence-electron chi connectivity index (χ3n) is 7.32. The molecule has 3 aromatic rings. The summed E-state index contributed by atoms with van der Waals surface area (Å²) in [6.07, 6.45) is 1.71. The summed E-state index contributed by atoms with van der Waals surface area (Å²) in [6, 6.07) is 10.4. The molecule has 0 saturated carbocycles. The Morgan fingerprint density at radius 3 is 2.54 bits per heavy atom. The van der Waals surface area contributed by atoms with Crippen molar-refractivity contribution in [1.82, 2.24) is 14.9 Å². The van der Waals surface area contributed by atoms with Crippen molar-refractivity contribution in [3.8, 4) is 0 Å². The maximum absolute atomic E-state index is 14.0. The van der Waals surface area contributed by atoms with Gasteiger partial charge in [0, 0.05) is 74.5 Å². The monoisotopic (exact) mass is 532 g/mol. The van der Waals surface area contributed by atoms with Crippen molar-refractivity contribution in [3.63, 3.8) is 0 Å². The summed E-state index contributed by atoms with van der Waals surface area (Å²) >= 11 is 0. The van der Waals surface area contributed by atoms with Crippen LogP contribution in [0.5, 0.6) is 0 Å². The lowest BCUT2D eigenvalue weighted by Crippen LogP contribution is -2.46. The van der Waals surface area contributed by atoms with E-state index in [9.17, 15) is 14.0 Å². The van der Waals surface area contributed by atoms with Gasteiger partial charge in [0.25, 0.3) is 5.91 Å². The van der Waals surface area contributed by atoms with Crippen molar-refractivity contribution in [1.29, 1.82) is 0 Å². The summed E-state index contributed by atoms with van der Waals surface area (Å²) in [5.41, 5.74) is 4.60. The van der Waals surface area contributed by atoms with E-state index in [0.29, 0.717) is 40.8 Å². The molecule has 1 fully saturated rings. The molecule has 1 aromatic heterocycles. The van der Waals surface area contributed by atoms with Crippen molar-refractivity contribution in [2.75, 3.05) is 72.7 Å². The number of fused-ring (bicyclic) bond motifs is 1. The van der Waals surface area contributed by atoms with Gasteiger partial charge in [0.1, 0.15) is 12.5 Å². The zero-order chi connectivity index (χ0) is 27.7. The van der Waals surface area contributed by atoms with Crippen LogP contribution < -0.4 is 25.3 Å². The van der Waals surface area contributed by atoms with E-state index >= 15 is 0 Å². The van der Waals surface area contributed by atoms with E-state index in [0.717, 1.165) is 43.0 Å². The lowest BCUT2D eigenvalue weighted by atomic mass is 10.1. The van der Waals surface area contributed by atoms with E-state index in [1.54, 1.807) is 49.5 Å². The zero-order valence-corrected chi connectivity index (χ0v) is 22.7. The van der Waals surface area contributed by atoms with E-state index in [2.05, 4.69) is 37.4 Å². The van der Waals surface area contributed by atoms with Crippen LogP contribution in [0.3, 0.4) is 0 Å². The summed E-state index contributed by atoms with van der Waals surface area (Å²) in [5.74, 6) is 0.654. The molecule has 2 aliphatic rings. The molecular weight excluding hydrogens is 499 g/mol. The second-order valence-corrected chi connectivity index (χ2v) is 9.94. The molecule has 0 radical (unpaired) electrons. The molecule has 39 heavy (non-hydrogen) atoms. The van der Waals surface area contributed by atoms with Gasteiger partial charge in [-0.25, -0.2) is 14.2 Å². The quantitative estimate of drug-likeness (QED) is 0.497. The Balaban J connectivity index is 1.36. The Labute approximate surface area is 227 Å². The van der Waals surface area contributed by atoms with Crippen molar-refractivity contribution in [2.24, 2.45) is 0 Å². The van der Waals surface area contributed by atoms with Crippen LogP contribution >= 0.6 is 0 Å². The van der Waals surface area contributed by atoms with E-state index in [-0.39, 0.29) is 11.9 Å². The molecule has 1 saturated heterocycles. The normalized spacial score (nSPS) is 15.8. The first-order valence-electron chi connectivity index (χ1n) is 12.9. The first-order valence-corrected chi connectivity index (χ1v) is 12.9. The first-order chi connectivity index (χ1) is 18.8. The Morgan fingerprint density at radius 2 is 1.82 bits per heavy atom. The van der Waals surface area contributed by atoms with Crippen molar-refractivity contribution >= 4 is 40.8 Å². The molecule has 10 nitrogen and oxygen atoms in total. The minimum atomic E-state index is -0.650. The fourth-order valence-corrected chi connectivity index (χ4v) is 4.99. The van der Waals surface area contributed by atoms with Crippen LogP contribution in [0, 0.1) is 6.92 Å². The van der Waals surface area contributed by atoms with Crippen LogP contribution in [-0.4, -0.2) is 74.1 Å². The number of carbonyl (C=O) groups is 2. The van der Waals surface area contributed by atoms with Gasteiger partial charge in [-0.1, -0.05) is 6.07 Å². The molecule has 11 heteroatoms. The van der Waals surface area contributed by atoms with E-state index in [4.69, 9.17) is 0 Å². The number of hydrogen-bond donors (Lipinski definition) is 2. The van der Waals surface area contributed by atoms with Crippen molar-refractivity contribution in [2.45, 2.75) is 20.1 Å². The number of carbonyl (C=O) groups excluding carboxylic acids is 2. The highest BCUT2D eigenvalue weighted by atomic mass is 19.1. The Bertz CT molecular complexity index is 1410. The number of halogens is 1. The number of aromatic nitrogens is 2. The number of nitrogens with zero attached hydrogens (tertiary/aromatic N) is 6. The highest BCUT2D eigenvalue weighted by Crippen LogP contribution is 2.33. The number of hydrogen-bond acceptors (Lipinski definition) is 7. The fourth-order valence-electron chi connectivity index (χ4n) is 4.99.